The van der Waals surface area contributed by atoms with Gasteiger partial charge in [0.25, 0.3) is 5.91 Å². The van der Waals surface area contributed by atoms with Crippen molar-refractivity contribution in [1.29, 1.82) is 0 Å². The maximum atomic E-state index is 12.8. The van der Waals surface area contributed by atoms with Gasteiger partial charge in [0, 0.05) is 17.3 Å². The highest BCUT2D eigenvalue weighted by atomic mass is 35.5. The zero-order valence-electron chi connectivity index (χ0n) is 17.6. The van der Waals surface area contributed by atoms with Crippen molar-refractivity contribution in [3.63, 3.8) is 0 Å². The largest absolute Gasteiger partial charge is 0.416 e. The fourth-order valence-corrected chi connectivity index (χ4v) is 4.22. The molecule has 3 aromatic rings. The molecule has 2 aromatic carbocycles. The number of benzene rings is 2. The lowest BCUT2D eigenvalue weighted by Gasteiger charge is -2.10. The zero-order chi connectivity index (χ0) is 24.9. The Morgan fingerprint density at radius 3 is 2.56 bits per heavy atom. The number of rotatable bonds is 8. The van der Waals surface area contributed by atoms with E-state index in [0.29, 0.717) is 22.5 Å². The summed E-state index contributed by atoms with van der Waals surface area (Å²) in [5.74, 6) is -0.549. The monoisotopic (exact) mass is 531 g/mol. The fraction of sp³-hybridized carbons (Fsp3) is 0.238. The number of halogens is 5. The Morgan fingerprint density at radius 1 is 1.12 bits per heavy atom. The van der Waals surface area contributed by atoms with Gasteiger partial charge in [-0.3, -0.25) is 9.59 Å². The standard InChI is InChI=1S/C21H18Cl2F3N5O2S/c1-2-31-17(10-27-19(33)15-7-6-13(22)9-16(15)23)29-30-20(31)34-11-18(32)28-14-5-3-4-12(8-14)21(24,25)26/h3-9H,2,10-11H2,1H3,(H,27,33)(H,28,32). The minimum Gasteiger partial charge on any atom is -0.345 e. The van der Waals surface area contributed by atoms with Crippen LogP contribution >= 0.6 is 35.0 Å². The molecular formula is C21H18Cl2F3N5O2S. The molecule has 7 nitrogen and oxygen atoms in total. The third kappa shape index (κ3) is 6.64. The Labute approximate surface area is 207 Å². The molecule has 0 aliphatic carbocycles. The van der Waals surface area contributed by atoms with Gasteiger partial charge in [-0.2, -0.15) is 13.2 Å². The lowest BCUT2D eigenvalue weighted by Crippen LogP contribution is -2.25. The number of thioether (sulfide) groups is 1. The Morgan fingerprint density at radius 2 is 1.88 bits per heavy atom. The number of hydrogen-bond acceptors (Lipinski definition) is 5. The van der Waals surface area contributed by atoms with Gasteiger partial charge >= 0.3 is 6.18 Å². The summed E-state index contributed by atoms with van der Waals surface area (Å²) in [6.07, 6.45) is -4.50. The summed E-state index contributed by atoms with van der Waals surface area (Å²) < 4.78 is 40.2. The van der Waals surface area contributed by atoms with Gasteiger partial charge in [0.2, 0.25) is 5.91 Å². The van der Waals surface area contributed by atoms with Crippen molar-refractivity contribution in [3.05, 3.63) is 69.5 Å². The van der Waals surface area contributed by atoms with E-state index >= 15 is 0 Å². The number of hydrogen-bond donors (Lipinski definition) is 2. The van der Waals surface area contributed by atoms with Crippen LogP contribution in [0.2, 0.25) is 10.0 Å². The number of nitrogens with one attached hydrogen (secondary N) is 2. The van der Waals surface area contributed by atoms with Crippen molar-refractivity contribution in [2.45, 2.75) is 31.3 Å². The van der Waals surface area contributed by atoms with E-state index < -0.39 is 23.6 Å². The summed E-state index contributed by atoms with van der Waals surface area (Å²) in [4.78, 5) is 24.6. The molecule has 34 heavy (non-hydrogen) atoms. The summed E-state index contributed by atoms with van der Waals surface area (Å²) in [5, 5.41) is 14.3. The van der Waals surface area contributed by atoms with Crippen LogP contribution in [-0.4, -0.2) is 32.3 Å². The Balaban J connectivity index is 1.59. The lowest BCUT2D eigenvalue weighted by molar-refractivity contribution is -0.137. The molecule has 0 unspecified atom stereocenters. The minimum atomic E-state index is -4.50. The van der Waals surface area contributed by atoms with E-state index in [1.165, 1.54) is 24.3 Å². The molecule has 2 amide bonds. The van der Waals surface area contributed by atoms with Gasteiger partial charge in [0.05, 0.1) is 28.4 Å². The normalized spacial score (nSPS) is 11.4. The van der Waals surface area contributed by atoms with Crippen LogP contribution in [0, 0.1) is 0 Å². The number of amides is 2. The maximum Gasteiger partial charge on any atom is 0.416 e. The molecule has 0 atom stereocenters. The van der Waals surface area contributed by atoms with Crippen LogP contribution in [0.3, 0.4) is 0 Å². The highest BCUT2D eigenvalue weighted by molar-refractivity contribution is 7.99. The van der Waals surface area contributed by atoms with E-state index in [1.807, 2.05) is 6.92 Å². The highest BCUT2D eigenvalue weighted by Crippen LogP contribution is 2.30. The molecule has 0 spiro atoms. The quantitative estimate of drug-likeness (QED) is 0.386. The summed E-state index contributed by atoms with van der Waals surface area (Å²) in [5.41, 5.74) is -0.550. The van der Waals surface area contributed by atoms with Crippen molar-refractivity contribution in [2.75, 3.05) is 11.1 Å². The average Bonchev–Trinajstić information content (AvgIpc) is 3.17. The summed E-state index contributed by atoms with van der Waals surface area (Å²) >= 11 is 13.0. The van der Waals surface area contributed by atoms with Crippen molar-refractivity contribution < 1.29 is 22.8 Å². The van der Waals surface area contributed by atoms with E-state index in [0.717, 1.165) is 23.9 Å². The molecule has 0 saturated heterocycles. The maximum absolute atomic E-state index is 12.8. The third-order valence-electron chi connectivity index (χ3n) is 4.50. The number of alkyl halides is 3. The first kappa shape index (κ1) is 25.9. The molecule has 0 aliphatic rings. The topological polar surface area (TPSA) is 88.9 Å². The number of nitrogens with zero attached hydrogens (tertiary/aromatic N) is 3. The predicted octanol–water partition coefficient (Wildman–Crippen LogP) is 5.28. The lowest BCUT2D eigenvalue weighted by atomic mass is 10.2. The van der Waals surface area contributed by atoms with Crippen LogP contribution in [0.4, 0.5) is 18.9 Å². The van der Waals surface area contributed by atoms with Crippen molar-refractivity contribution >= 4 is 52.5 Å². The van der Waals surface area contributed by atoms with Gasteiger partial charge in [-0.05, 0) is 43.3 Å². The molecule has 180 valence electrons. The predicted molar refractivity (Wildman–Crippen MR) is 124 cm³/mol. The van der Waals surface area contributed by atoms with Gasteiger partial charge in [0.1, 0.15) is 0 Å². The number of aromatic nitrogens is 3. The van der Waals surface area contributed by atoms with Crippen molar-refractivity contribution in [2.24, 2.45) is 0 Å². The van der Waals surface area contributed by atoms with Crippen LogP contribution in [0.5, 0.6) is 0 Å². The second-order valence-electron chi connectivity index (χ2n) is 6.87. The summed E-state index contributed by atoms with van der Waals surface area (Å²) in [7, 11) is 0. The Bertz CT molecular complexity index is 1200. The van der Waals surface area contributed by atoms with E-state index in [2.05, 4.69) is 20.8 Å². The van der Waals surface area contributed by atoms with Crippen LogP contribution in [-0.2, 0) is 24.1 Å². The molecular weight excluding hydrogens is 514 g/mol. The molecule has 1 heterocycles. The van der Waals surface area contributed by atoms with E-state index in [1.54, 1.807) is 10.6 Å². The van der Waals surface area contributed by atoms with Crippen molar-refractivity contribution in [1.82, 2.24) is 20.1 Å². The fourth-order valence-electron chi connectivity index (χ4n) is 2.90. The number of carbonyl (C=O) groups excluding carboxylic acids is 2. The molecule has 13 heteroatoms. The Hall–Kier alpha value is -2.76. The van der Waals surface area contributed by atoms with E-state index in [4.69, 9.17) is 23.2 Å². The number of carbonyl (C=O) groups is 2. The molecule has 0 aliphatic heterocycles. The molecule has 2 N–H and O–H groups in total. The van der Waals surface area contributed by atoms with Gasteiger partial charge in [-0.1, -0.05) is 41.0 Å². The highest BCUT2D eigenvalue weighted by Gasteiger charge is 2.30. The first-order valence-corrected chi connectivity index (χ1v) is 11.6. The third-order valence-corrected chi connectivity index (χ3v) is 6.01. The summed E-state index contributed by atoms with van der Waals surface area (Å²) in [6.45, 7) is 2.38. The van der Waals surface area contributed by atoms with Crippen LogP contribution in [0.25, 0.3) is 0 Å². The second kappa shape index (κ2) is 11.1. The SMILES string of the molecule is CCn1c(CNC(=O)c2ccc(Cl)cc2Cl)nnc1SCC(=O)Nc1cccc(C(F)(F)F)c1. The molecule has 0 saturated carbocycles. The molecule has 0 radical (unpaired) electrons. The Kier molecular flexibility index (Phi) is 8.45. The first-order valence-electron chi connectivity index (χ1n) is 9.83. The molecule has 0 bridgehead atoms. The van der Waals surface area contributed by atoms with Crippen LogP contribution in [0.15, 0.2) is 47.6 Å². The van der Waals surface area contributed by atoms with Gasteiger partial charge in [-0.25, -0.2) is 0 Å². The summed E-state index contributed by atoms with van der Waals surface area (Å²) in [6, 6.07) is 8.91. The van der Waals surface area contributed by atoms with Crippen molar-refractivity contribution in [3.8, 4) is 0 Å². The average molecular weight is 532 g/mol. The van der Waals surface area contributed by atoms with Crippen LogP contribution in [0.1, 0.15) is 28.7 Å². The van der Waals surface area contributed by atoms with Gasteiger partial charge < -0.3 is 15.2 Å². The smallest absolute Gasteiger partial charge is 0.345 e. The molecule has 1 aromatic heterocycles. The van der Waals surface area contributed by atoms with Crippen LogP contribution < -0.4 is 10.6 Å². The van der Waals surface area contributed by atoms with Gasteiger partial charge in [-0.15, -0.1) is 10.2 Å². The van der Waals surface area contributed by atoms with E-state index in [-0.39, 0.29) is 28.6 Å². The molecule has 3 rings (SSSR count). The molecule has 0 fully saturated rings. The zero-order valence-corrected chi connectivity index (χ0v) is 19.9. The first-order chi connectivity index (χ1) is 16.1. The van der Waals surface area contributed by atoms with Gasteiger partial charge in [0.15, 0.2) is 11.0 Å². The second-order valence-corrected chi connectivity index (χ2v) is 8.65. The minimum absolute atomic E-state index is 0.0432. The number of anilines is 1. The van der Waals surface area contributed by atoms with E-state index in [9.17, 15) is 22.8 Å².